The molecule has 0 aromatic rings. The third-order valence-corrected chi connectivity index (χ3v) is 1.66. The van der Waals surface area contributed by atoms with E-state index in [1.54, 1.807) is 18.4 Å². The minimum atomic E-state index is -1.60. The van der Waals surface area contributed by atoms with Crippen LogP contribution in [0.15, 0.2) is 24.4 Å². The Bertz CT molecular complexity index is 182. The van der Waals surface area contributed by atoms with Crippen LogP contribution in [0.5, 0.6) is 0 Å². The van der Waals surface area contributed by atoms with Gasteiger partial charge in [0.25, 0.3) is 0 Å². The molecule has 5 heteroatoms. The van der Waals surface area contributed by atoms with Crippen molar-refractivity contribution < 1.29 is 10.0 Å². The van der Waals surface area contributed by atoms with Crippen LogP contribution in [0.3, 0.4) is 0 Å². The van der Waals surface area contributed by atoms with Crippen LogP contribution in [0.2, 0.25) is 0 Å². The zero-order chi connectivity index (χ0) is 7.61. The van der Waals surface area contributed by atoms with E-state index in [2.05, 4.69) is 5.32 Å². The summed E-state index contributed by atoms with van der Waals surface area (Å²) in [4.78, 5) is -1.26. The first kappa shape index (κ1) is 7.66. The van der Waals surface area contributed by atoms with Gasteiger partial charge < -0.3 is 15.4 Å². The van der Waals surface area contributed by atoms with Crippen molar-refractivity contribution in [3.63, 3.8) is 0 Å². The maximum Gasteiger partial charge on any atom is 0.499 e. The molecule has 1 unspecified atom stereocenters. The largest absolute Gasteiger partial charge is 0.499 e. The highest BCUT2D eigenvalue weighted by Gasteiger charge is 2.37. The number of nitrogens with one attached hydrogen (secondary N) is 1. The molecule has 0 saturated carbocycles. The molecular formula is C5H7BClNO2. The summed E-state index contributed by atoms with van der Waals surface area (Å²) in [6, 6.07) is 0. The topological polar surface area (TPSA) is 52.5 Å². The molecule has 0 radical (unpaired) electrons. The number of hydrogen-bond acceptors (Lipinski definition) is 3. The second kappa shape index (κ2) is 2.66. The average Bonchev–Trinajstić information content (AvgIpc) is 1.89. The maximum absolute atomic E-state index is 8.71. The van der Waals surface area contributed by atoms with E-state index in [0.717, 1.165) is 0 Å². The molecule has 1 rings (SSSR count). The van der Waals surface area contributed by atoms with E-state index in [1.165, 1.54) is 6.08 Å². The second-order valence-electron chi connectivity index (χ2n) is 2.00. The molecule has 0 amide bonds. The van der Waals surface area contributed by atoms with Gasteiger partial charge in [-0.15, -0.1) is 0 Å². The standard InChI is InChI=1S/C5H7BClNO2/c7-5(6(9)10)3-1-2-4-8-5/h1-4,8-10H. The van der Waals surface area contributed by atoms with Crippen molar-refractivity contribution in [2.45, 2.75) is 4.90 Å². The van der Waals surface area contributed by atoms with Crippen molar-refractivity contribution in [3.05, 3.63) is 24.4 Å². The lowest BCUT2D eigenvalue weighted by atomic mass is 9.78. The van der Waals surface area contributed by atoms with Crippen LogP contribution in [0.4, 0.5) is 0 Å². The van der Waals surface area contributed by atoms with Crippen molar-refractivity contribution >= 4 is 18.7 Å². The van der Waals surface area contributed by atoms with Gasteiger partial charge in [-0.25, -0.2) is 0 Å². The van der Waals surface area contributed by atoms with Gasteiger partial charge in [0.05, 0.1) is 0 Å². The van der Waals surface area contributed by atoms with E-state index in [-0.39, 0.29) is 0 Å². The van der Waals surface area contributed by atoms with E-state index in [0.29, 0.717) is 0 Å². The lowest BCUT2D eigenvalue weighted by Crippen LogP contribution is -2.50. The number of allylic oxidation sites excluding steroid dienone is 2. The highest BCUT2D eigenvalue weighted by atomic mass is 35.5. The predicted molar refractivity (Wildman–Crippen MR) is 40.2 cm³/mol. The third kappa shape index (κ3) is 1.34. The van der Waals surface area contributed by atoms with Crippen LogP contribution in [0, 0.1) is 0 Å². The van der Waals surface area contributed by atoms with Crippen molar-refractivity contribution in [1.29, 1.82) is 0 Å². The van der Waals surface area contributed by atoms with Crippen LogP contribution < -0.4 is 5.32 Å². The first-order valence-electron chi connectivity index (χ1n) is 2.82. The van der Waals surface area contributed by atoms with E-state index < -0.39 is 12.0 Å². The van der Waals surface area contributed by atoms with Crippen LogP contribution >= 0.6 is 11.6 Å². The van der Waals surface area contributed by atoms with Gasteiger partial charge >= 0.3 is 7.12 Å². The molecule has 0 aromatic carbocycles. The van der Waals surface area contributed by atoms with Gasteiger partial charge in [-0.3, -0.25) is 0 Å². The van der Waals surface area contributed by atoms with Crippen molar-refractivity contribution in [2.24, 2.45) is 0 Å². The van der Waals surface area contributed by atoms with Gasteiger partial charge in [0, 0.05) is 0 Å². The minimum absolute atomic E-state index is 1.26. The zero-order valence-corrected chi connectivity index (χ0v) is 5.92. The number of dihydropyridines is 1. The predicted octanol–water partition coefficient (Wildman–Crippen LogP) is -0.393. The molecule has 0 bridgehead atoms. The van der Waals surface area contributed by atoms with E-state index >= 15 is 0 Å². The summed E-state index contributed by atoms with van der Waals surface area (Å²) in [5.41, 5.74) is 0. The molecule has 0 aromatic heterocycles. The van der Waals surface area contributed by atoms with E-state index in [1.807, 2.05) is 0 Å². The molecule has 0 spiro atoms. The average molecular weight is 159 g/mol. The number of alkyl halides is 1. The number of halogens is 1. The van der Waals surface area contributed by atoms with Crippen molar-refractivity contribution in [3.8, 4) is 0 Å². The first-order chi connectivity index (χ1) is 4.65. The summed E-state index contributed by atoms with van der Waals surface area (Å²) in [7, 11) is -1.60. The molecule has 3 N–H and O–H groups in total. The lowest BCUT2D eigenvalue weighted by Gasteiger charge is -2.24. The van der Waals surface area contributed by atoms with E-state index in [9.17, 15) is 0 Å². The van der Waals surface area contributed by atoms with Gasteiger partial charge in [0.2, 0.25) is 0 Å². The summed E-state index contributed by atoms with van der Waals surface area (Å²) in [5, 5.41) is 20.0. The SMILES string of the molecule is OB(O)C1(Cl)C=CC=CN1. The molecule has 10 heavy (non-hydrogen) atoms. The fourth-order valence-corrected chi connectivity index (χ4v) is 0.771. The van der Waals surface area contributed by atoms with E-state index in [4.69, 9.17) is 21.6 Å². The Balaban J connectivity index is 2.70. The molecule has 3 nitrogen and oxygen atoms in total. The molecule has 1 aliphatic heterocycles. The lowest BCUT2D eigenvalue weighted by molar-refractivity contribution is 0.380. The molecule has 1 aliphatic rings. The summed E-state index contributed by atoms with van der Waals surface area (Å²) < 4.78 is 0. The monoisotopic (exact) mass is 159 g/mol. The van der Waals surface area contributed by atoms with Crippen molar-refractivity contribution in [2.75, 3.05) is 0 Å². The third-order valence-electron chi connectivity index (χ3n) is 1.23. The Morgan fingerprint density at radius 3 is 2.40 bits per heavy atom. The van der Waals surface area contributed by atoms with Gasteiger partial charge in [-0.05, 0) is 18.4 Å². The van der Waals surface area contributed by atoms with Gasteiger partial charge in [-0.2, -0.15) is 0 Å². The Morgan fingerprint density at radius 2 is 2.10 bits per heavy atom. The molecule has 1 atom stereocenters. The summed E-state index contributed by atoms with van der Waals surface area (Å²) >= 11 is 5.66. The van der Waals surface area contributed by atoms with Crippen LogP contribution in [-0.4, -0.2) is 22.1 Å². The number of rotatable bonds is 1. The Morgan fingerprint density at radius 1 is 1.40 bits per heavy atom. The van der Waals surface area contributed by atoms with Crippen LogP contribution in [0.1, 0.15) is 0 Å². The summed E-state index contributed by atoms with van der Waals surface area (Å²) in [6.45, 7) is 0. The molecule has 0 fully saturated rings. The molecule has 54 valence electrons. The molecule has 1 heterocycles. The van der Waals surface area contributed by atoms with Gasteiger partial charge in [0.15, 0.2) is 4.90 Å². The normalized spacial score (nSPS) is 29.9. The Labute approximate surface area is 64.1 Å². The second-order valence-corrected chi connectivity index (χ2v) is 2.63. The van der Waals surface area contributed by atoms with Crippen LogP contribution in [-0.2, 0) is 0 Å². The first-order valence-corrected chi connectivity index (χ1v) is 3.20. The smallest absolute Gasteiger partial charge is 0.425 e. The minimum Gasteiger partial charge on any atom is -0.425 e. The maximum atomic E-state index is 8.71. The van der Waals surface area contributed by atoms with Gasteiger partial charge in [0.1, 0.15) is 0 Å². The summed E-state index contributed by atoms with van der Waals surface area (Å²) in [5.74, 6) is 0. The van der Waals surface area contributed by atoms with Gasteiger partial charge in [-0.1, -0.05) is 17.7 Å². The van der Waals surface area contributed by atoms with Crippen molar-refractivity contribution in [1.82, 2.24) is 5.32 Å². The fraction of sp³-hybridized carbons (Fsp3) is 0.200. The zero-order valence-electron chi connectivity index (χ0n) is 5.16. The van der Waals surface area contributed by atoms with Crippen LogP contribution in [0.25, 0.3) is 0 Å². The highest BCUT2D eigenvalue weighted by Crippen LogP contribution is 2.16. The molecular weight excluding hydrogens is 152 g/mol. The molecule has 0 saturated heterocycles. The Hall–Kier alpha value is -0.445. The summed E-state index contributed by atoms with van der Waals surface area (Å²) in [6.07, 6.45) is 6.37. The molecule has 0 aliphatic carbocycles. The highest BCUT2D eigenvalue weighted by molar-refractivity contribution is 6.61. The number of hydrogen-bond donors (Lipinski definition) is 3. The fourth-order valence-electron chi connectivity index (χ4n) is 0.636. The Kier molecular flexibility index (Phi) is 2.04. The quantitative estimate of drug-likeness (QED) is 0.277.